The molecule has 0 aliphatic carbocycles. The zero-order valence-corrected chi connectivity index (χ0v) is 12.1. The second-order valence-corrected chi connectivity index (χ2v) is 5.59. The second kappa shape index (κ2) is 5.17. The van der Waals surface area contributed by atoms with Gasteiger partial charge in [-0.2, -0.15) is 0 Å². The number of rotatable bonds is 2. The second-order valence-electron chi connectivity index (χ2n) is 4.51. The molecule has 0 bridgehead atoms. The van der Waals surface area contributed by atoms with E-state index in [2.05, 4.69) is 0 Å². The van der Waals surface area contributed by atoms with Crippen molar-refractivity contribution in [2.45, 2.75) is 26.4 Å². The first-order chi connectivity index (χ1) is 8.13. The standard InChI is InChI=1S/C11H11FINO4/c1-11(2,3)18-10(15)8-6(12)4-5-7(9(8)13)14(16)17/h4-5H,1-3H3. The molecule has 0 saturated carbocycles. The number of halogens is 2. The van der Waals surface area contributed by atoms with E-state index in [-0.39, 0.29) is 9.26 Å². The first-order valence-electron chi connectivity index (χ1n) is 4.99. The summed E-state index contributed by atoms with van der Waals surface area (Å²) in [5.41, 5.74) is -1.52. The Hall–Kier alpha value is -1.25. The normalized spacial score (nSPS) is 11.2. The van der Waals surface area contributed by atoms with Gasteiger partial charge in [0.05, 0.1) is 4.92 Å². The molecule has 1 rings (SSSR count). The zero-order valence-electron chi connectivity index (χ0n) is 9.99. The number of carbonyl (C=O) groups excluding carboxylic acids is 1. The van der Waals surface area contributed by atoms with E-state index in [1.54, 1.807) is 43.4 Å². The average molecular weight is 367 g/mol. The van der Waals surface area contributed by atoms with Crippen molar-refractivity contribution in [1.82, 2.24) is 0 Å². The van der Waals surface area contributed by atoms with Crippen LogP contribution in [0.5, 0.6) is 0 Å². The van der Waals surface area contributed by atoms with Gasteiger partial charge in [-0.15, -0.1) is 0 Å². The van der Waals surface area contributed by atoms with Gasteiger partial charge in [-0.1, -0.05) is 0 Å². The Balaban J connectivity index is 3.28. The van der Waals surface area contributed by atoms with E-state index in [0.717, 1.165) is 12.1 Å². The van der Waals surface area contributed by atoms with E-state index in [1.807, 2.05) is 0 Å². The highest BCUT2D eigenvalue weighted by Gasteiger charge is 2.27. The Kier molecular flexibility index (Phi) is 4.25. The molecule has 98 valence electrons. The van der Waals surface area contributed by atoms with Gasteiger partial charge in [-0.05, 0) is 49.4 Å². The molecule has 0 fully saturated rings. The summed E-state index contributed by atoms with van der Waals surface area (Å²) in [4.78, 5) is 21.8. The molecule has 0 spiro atoms. The number of ether oxygens (including phenoxy) is 1. The van der Waals surface area contributed by atoms with Gasteiger partial charge in [0.2, 0.25) is 0 Å². The van der Waals surface area contributed by atoms with Gasteiger partial charge in [0.15, 0.2) is 0 Å². The van der Waals surface area contributed by atoms with Gasteiger partial charge in [0.1, 0.15) is 20.6 Å². The van der Waals surface area contributed by atoms with Crippen LogP contribution in [0.25, 0.3) is 0 Å². The van der Waals surface area contributed by atoms with Gasteiger partial charge < -0.3 is 4.74 Å². The quantitative estimate of drug-likeness (QED) is 0.348. The Morgan fingerprint density at radius 3 is 2.44 bits per heavy atom. The minimum absolute atomic E-state index is 0.0631. The van der Waals surface area contributed by atoms with Crippen molar-refractivity contribution >= 4 is 34.2 Å². The number of nitro groups is 1. The lowest BCUT2D eigenvalue weighted by Crippen LogP contribution is -2.25. The van der Waals surface area contributed by atoms with Crippen LogP contribution in [0.3, 0.4) is 0 Å². The maximum atomic E-state index is 13.6. The fourth-order valence-electron chi connectivity index (χ4n) is 1.20. The summed E-state index contributed by atoms with van der Waals surface area (Å²) in [6.07, 6.45) is 0. The molecular weight excluding hydrogens is 356 g/mol. The molecule has 5 nitrogen and oxygen atoms in total. The third-order valence-electron chi connectivity index (χ3n) is 1.87. The summed E-state index contributed by atoms with van der Waals surface area (Å²) in [6.45, 7) is 4.90. The van der Waals surface area contributed by atoms with Crippen LogP contribution in [-0.4, -0.2) is 16.5 Å². The van der Waals surface area contributed by atoms with Crippen LogP contribution in [0.15, 0.2) is 12.1 Å². The predicted octanol–water partition coefficient (Wildman–Crippen LogP) is 3.29. The maximum Gasteiger partial charge on any atom is 0.343 e. The molecule has 0 amide bonds. The largest absolute Gasteiger partial charge is 0.456 e. The summed E-state index contributed by atoms with van der Waals surface area (Å²) in [5.74, 6) is -1.74. The van der Waals surface area contributed by atoms with Crippen LogP contribution < -0.4 is 0 Å². The highest BCUT2D eigenvalue weighted by molar-refractivity contribution is 14.1. The fraction of sp³-hybridized carbons (Fsp3) is 0.364. The summed E-state index contributed by atoms with van der Waals surface area (Å²) in [7, 11) is 0. The summed E-state index contributed by atoms with van der Waals surface area (Å²) in [6, 6.07) is 1.91. The maximum absolute atomic E-state index is 13.6. The molecule has 0 aromatic heterocycles. The molecule has 18 heavy (non-hydrogen) atoms. The molecule has 0 aliphatic rings. The van der Waals surface area contributed by atoms with Crippen LogP contribution in [0.4, 0.5) is 10.1 Å². The van der Waals surface area contributed by atoms with Crippen molar-refractivity contribution in [3.63, 3.8) is 0 Å². The zero-order chi connectivity index (χ0) is 14.1. The lowest BCUT2D eigenvalue weighted by Gasteiger charge is -2.20. The van der Waals surface area contributed by atoms with Crippen LogP contribution >= 0.6 is 22.6 Å². The SMILES string of the molecule is CC(C)(C)OC(=O)c1c(F)ccc([N+](=O)[O-])c1I. The first kappa shape index (κ1) is 14.8. The average Bonchev–Trinajstić information content (AvgIpc) is 2.13. The van der Waals surface area contributed by atoms with Crippen molar-refractivity contribution < 1.29 is 18.8 Å². The van der Waals surface area contributed by atoms with Gasteiger partial charge in [-0.25, -0.2) is 9.18 Å². The molecule has 0 atom stereocenters. The third kappa shape index (κ3) is 3.37. The van der Waals surface area contributed by atoms with Crippen LogP contribution in [0.2, 0.25) is 0 Å². The van der Waals surface area contributed by atoms with Crippen molar-refractivity contribution in [3.05, 3.63) is 37.2 Å². The summed E-state index contributed by atoms with van der Waals surface area (Å²) >= 11 is 1.57. The number of benzene rings is 1. The molecule has 0 radical (unpaired) electrons. The molecule has 0 saturated heterocycles. The molecule has 0 unspecified atom stereocenters. The Morgan fingerprint density at radius 2 is 2.00 bits per heavy atom. The number of nitrogens with zero attached hydrogens (tertiary/aromatic N) is 1. The minimum atomic E-state index is -0.909. The van der Waals surface area contributed by atoms with E-state index in [4.69, 9.17) is 4.74 Å². The van der Waals surface area contributed by atoms with Gasteiger partial charge in [0.25, 0.3) is 5.69 Å². The molecule has 1 aromatic rings. The van der Waals surface area contributed by atoms with Gasteiger partial charge in [0, 0.05) is 6.07 Å². The highest BCUT2D eigenvalue weighted by atomic mass is 127. The highest BCUT2D eigenvalue weighted by Crippen LogP contribution is 2.28. The predicted molar refractivity (Wildman–Crippen MR) is 70.9 cm³/mol. The number of hydrogen-bond donors (Lipinski definition) is 0. The minimum Gasteiger partial charge on any atom is -0.456 e. The van der Waals surface area contributed by atoms with E-state index in [0.29, 0.717) is 0 Å². The molecule has 0 heterocycles. The molecule has 0 aliphatic heterocycles. The smallest absolute Gasteiger partial charge is 0.343 e. The molecule has 0 N–H and O–H groups in total. The fourth-order valence-corrected chi connectivity index (χ4v) is 2.05. The number of esters is 1. The van der Waals surface area contributed by atoms with Crippen molar-refractivity contribution in [2.24, 2.45) is 0 Å². The third-order valence-corrected chi connectivity index (χ3v) is 2.96. The lowest BCUT2D eigenvalue weighted by atomic mass is 10.1. The molecular formula is C11H11FINO4. The van der Waals surface area contributed by atoms with Crippen molar-refractivity contribution in [2.75, 3.05) is 0 Å². The summed E-state index contributed by atoms with van der Waals surface area (Å²) < 4.78 is 18.5. The van der Waals surface area contributed by atoms with E-state index in [9.17, 15) is 19.3 Å². The topological polar surface area (TPSA) is 69.4 Å². The van der Waals surface area contributed by atoms with Crippen LogP contribution in [-0.2, 0) is 4.74 Å². The Bertz CT molecular complexity index is 511. The van der Waals surface area contributed by atoms with Gasteiger partial charge in [-0.3, -0.25) is 10.1 Å². The molecule has 1 aromatic carbocycles. The number of carbonyl (C=O) groups is 1. The van der Waals surface area contributed by atoms with Gasteiger partial charge >= 0.3 is 5.97 Å². The van der Waals surface area contributed by atoms with Crippen molar-refractivity contribution in [1.29, 1.82) is 0 Å². The van der Waals surface area contributed by atoms with E-state index in [1.165, 1.54) is 0 Å². The monoisotopic (exact) mass is 367 g/mol. The number of hydrogen-bond acceptors (Lipinski definition) is 4. The summed E-state index contributed by atoms with van der Waals surface area (Å²) in [5, 5.41) is 10.7. The van der Waals surface area contributed by atoms with Crippen LogP contribution in [0.1, 0.15) is 31.1 Å². The van der Waals surface area contributed by atoms with E-state index < -0.39 is 27.9 Å². The Labute approximate surface area is 117 Å². The Morgan fingerprint density at radius 1 is 1.44 bits per heavy atom. The van der Waals surface area contributed by atoms with Crippen molar-refractivity contribution in [3.8, 4) is 0 Å². The molecule has 7 heteroatoms. The van der Waals surface area contributed by atoms with Crippen LogP contribution in [0, 0.1) is 19.5 Å². The lowest BCUT2D eigenvalue weighted by molar-refractivity contribution is -0.385. The number of nitro benzene ring substituents is 1. The first-order valence-corrected chi connectivity index (χ1v) is 6.07. The van der Waals surface area contributed by atoms with E-state index >= 15 is 0 Å².